The van der Waals surface area contributed by atoms with Crippen LogP contribution in [0.4, 0.5) is 13.2 Å². The molecule has 7 heteroatoms. The Labute approximate surface area is 116 Å². The van der Waals surface area contributed by atoms with Gasteiger partial charge in [-0.15, -0.1) is 0 Å². The van der Waals surface area contributed by atoms with E-state index in [9.17, 15) is 23.1 Å². The second-order valence-corrected chi connectivity index (χ2v) is 5.43. The van der Waals surface area contributed by atoms with Gasteiger partial charge in [-0.05, 0) is 24.3 Å². The summed E-state index contributed by atoms with van der Waals surface area (Å²) >= 11 is 3.21. The van der Waals surface area contributed by atoms with E-state index in [0.717, 1.165) is 9.37 Å². The normalized spacial score (nSPS) is 23.7. The molecular weight excluding hydrogens is 327 g/mol. The van der Waals surface area contributed by atoms with Crippen LogP contribution in [0, 0.1) is 0 Å². The number of rotatable bonds is 1. The van der Waals surface area contributed by atoms with E-state index in [0.29, 0.717) is 5.56 Å². The Morgan fingerprint density at radius 2 is 1.89 bits per heavy atom. The molecule has 1 saturated heterocycles. The van der Waals surface area contributed by atoms with Crippen molar-refractivity contribution in [3.8, 4) is 0 Å². The Morgan fingerprint density at radius 1 is 1.32 bits per heavy atom. The van der Waals surface area contributed by atoms with E-state index in [4.69, 9.17) is 0 Å². The Kier molecular flexibility index (Phi) is 3.61. The summed E-state index contributed by atoms with van der Waals surface area (Å²) in [4.78, 5) is 13.0. The lowest BCUT2D eigenvalue weighted by Crippen LogP contribution is -2.48. The lowest BCUT2D eigenvalue weighted by Gasteiger charge is -2.25. The molecule has 0 spiro atoms. The predicted molar refractivity (Wildman–Crippen MR) is 65.7 cm³/mol. The highest BCUT2D eigenvalue weighted by Crippen LogP contribution is 2.37. The van der Waals surface area contributed by atoms with Gasteiger partial charge in [-0.3, -0.25) is 4.79 Å². The molecule has 0 radical (unpaired) electrons. The van der Waals surface area contributed by atoms with Crippen molar-refractivity contribution >= 4 is 21.8 Å². The van der Waals surface area contributed by atoms with Crippen LogP contribution in [-0.4, -0.2) is 40.8 Å². The van der Waals surface area contributed by atoms with E-state index >= 15 is 0 Å². The number of nitrogens with zero attached hydrogens (tertiary/aromatic N) is 1. The van der Waals surface area contributed by atoms with Gasteiger partial charge in [-0.25, -0.2) is 0 Å². The highest BCUT2D eigenvalue weighted by atomic mass is 79.9. The molecule has 1 aromatic rings. The fourth-order valence-electron chi connectivity index (χ4n) is 1.97. The standard InChI is InChI=1S/C12H11BrF3NO2/c13-9-3-1-8(2-4-9)10(18)17-6-5-11(19,7-17)12(14,15)16/h1-4,19H,5-7H2. The van der Waals surface area contributed by atoms with Crippen molar-refractivity contribution in [3.63, 3.8) is 0 Å². The topological polar surface area (TPSA) is 40.5 Å². The van der Waals surface area contributed by atoms with E-state index < -0.39 is 30.7 Å². The van der Waals surface area contributed by atoms with Gasteiger partial charge in [0, 0.05) is 23.0 Å². The number of aliphatic hydroxyl groups is 1. The maximum absolute atomic E-state index is 12.6. The Morgan fingerprint density at radius 3 is 2.37 bits per heavy atom. The van der Waals surface area contributed by atoms with Crippen LogP contribution in [0.25, 0.3) is 0 Å². The first-order chi connectivity index (χ1) is 8.73. The van der Waals surface area contributed by atoms with Crippen LogP contribution < -0.4 is 0 Å². The molecule has 1 amide bonds. The zero-order valence-electron chi connectivity index (χ0n) is 9.75. The summed E-state index contributed by atoms with van der Waals surface area (Å²) < 4.78 is 38.7. The van der Waals surface area contributed by atoms with E-state index in [1.54, 1.807) is 12.1 Å². The minimum atomic E-state index is -4.72. The second-order valence-electron chi connectivity index (χ2n) is 4.51. The average Bonchev–Trinajstić information content (AvgIpc) is 2.73. The molecule has 1 aromatic carbocycles. The maximum Gasteiger partial charge on any atom is 0.419 e. The summed E-state index contributed by atoms with van der Waals surface area (Å²) in [6, 6.07) is 6.33. The van der Waals surface area contributed by atoms with Crippen LogP contribution in [0.1, 0.15) is 16.8 Å². The van der Waals surface area contributed by atoms with Crippen molar-refractivity contribution in [2.75, 3.05) is 13.1 Å². The number of carbonyl (C=O) groups is 1. The molecule has 3 nitrogen and oxygen atoms in total. The smallest absolute Gasteiger partial charge is 0.379 e. The van der Waals surface area contributed by atoms with Crippen molar-refractivity contribution < 1.29 is 23.1 Å². The lowest BCUT2D eigenvalue weighted by molar-refractivity contribution is -0.253. The first kappa shape index (κ1) is 14.3. The molecule has 1 aliphatic rings. The highest BCUT2D eigenvalue weighted by Gasteiger charge is 2.57. The number of benzene rings is 1. The summed E-state index contributed by atoms with van der Waals surface area (Å²) in [7, 11) is 0. The van der Waals surface area contributed by atoms with Gasteiger partial charge in [0.15, 0.2) is 5.60 Å². The van der Waals surface area contributed by atoms with Crippen molar-refractivity contribution in [1.82, 2.24) is 4.90 Å². The molecule has 19 heavy (non-hydrogen) atoms. The summed E-state index contributed by atoms with van der Waals surface area (Å²) in [6.07, 6.45) is -5.21. The Hall–Kier alpha value is -1.08. The fourth-order valence-corrected chi connectivity index (χ4v) is 2.24. The minimum Gasteiger partial charge on any atom is -0.379 e. The number of halogens is 4. The third-order valence-electron chi connectivity index (χ3n) is 3.15. The minimum absolute atomic E-state index is 0.106. The quantitative estimate of drug-likeness (QED) is 0.855. The molecule has 1 aliphatic heterocycles. The fraction of sp³-hybridized carbons (Fsp3) is 0.417. The molecule has 2 rings (SSSR count). The predicted octanol–water partition coefficient (Wildman–Crippen LogP) is 2.59. The van der Waals surface area contributed by atoms with Gasteiger partial charge in [-0.2, -0.15) is 13.2 Å². The van der Waals surface area contributed by atoms with Crippen LogP contribution in [0.15, 0.2) is 28.7 Å². The monoisotopic (exact) mass is 337 g/mol. The average molecular weight is 338 g/mol. The maximum atomic E-state index is 12.6. The molecule has 1 N–H and O–H groups in total. The number of amides is 1. The summed E-state index contributed by atoms with van der Waals surface area (Å²) in [5.74, 6) is -0.507. The van der Waals surface area contributed by atoms with E-state index in [-0.39, 0.29) is 6.54 Å². The number of hydrogen-bond acceptors (Lipinski definition) is 2. The van der Waals surface area contributed by atoms with Gasteiger partial charge in [0.1, 0.15) is 0 Å². The number of alkyl halides is 3. The second kappa shape index (κ2) is 4.79. The van der Waals surface area contributed by atoms with Crippen LogP contribution in [-0.2, 0) is 0 Å². The molecule has 104 valence electrons. The molecular formula is C12H11BrF3NO2. The molecule has 0 bridgehead atoms. The number of hydrogen-bond donors (Lipinski definition) is 1. The highest BCUT2D eigenvalue weighted by molar-refractivity contribution is 9.10. The molecule has 0 aromatic heterocycles. The van der Waals surface area contributed by atoms with Crippen LogP contribution in [0.3, 0.4) is 0 Å². The summed E-state index contributed by atoms with van der Waals surface area (Å²) in [5.41, 5.74) is -2.49. The van der Waals surface area contributed by atoms with E-state index in [1.165, 1.54) is 12.1 Å². The van der Waals surface area contributed by atoms with Crippen molar-refractivity contribution in [2.45, 2.75) is 18.2 Å². The first-order valence-electron chi connectivity index (χ1n) is 5.57. The van der Waals surface area contributed by atoms with Gasteiger partial charge in [-0.1, -0.05) is 15.9 Å². The molecule has 0 saturated carbocycles. The number of likely N-dealkylation sites (tertiary alicyclic amines) is 1. The number of carbonyl (C=O) groups excluding carboxylic acids is 1. The van der Waals surface area contributed by atoms with Gasteiger partial charge in [0.25, 0.3) is 5.91 Å². The zero-order valence-corrected chi connectivity index (χ0v) is 11.3. The van der Waals surface area contributed by atoms with Crippen molar-refractivity contribution in [2.24, 2.45) is 0 Å². The van der Waals surface area contributed by atoms with Gasteiger partial charge < -0.3 is 10.0 Å². The molecule has 1 atom stereocenters. The van der Waals surface area contributed by atoms with Gasteiger partial charge in [0.05, 0.1) is 6.54 Å². The summed E-state index contributed by atoms with van der Waals surface area (Å²) in [5, 5.41) is 9.51. The third kappa shape index (κ3) is 2.76. The first-order valence-corrected chi connectivity index (χ1v) is 6.36. The Balaban J connectivity index is 2.13. The third-order valence-corrected chi connectivity index (χ3v) is 3.68. The molecule has 0 aliphatic carbocycles. The SMILES string of the molecule is O=C(c1ccc(Br)cc1)N1CCC(O)(C(F)(F)F)C1. The lowest BCUT2D eigenvalue weighted by atomic mass is 10.0. The molecule has 1 unspecified atom stereocenters. The zero-order chi connectivity index (χ0) is 14.3. The van der Waals surface area contributed by atoms with Gasteiger partial charge >= 0.3 is 6.18 Å². The number of β-amino-alcohol motifs (C(OH)–C–C–N with tert-alkyl or cyclic N) is 1. The van der Waals surface area contributed by atoms with Gasteiger partial charge in [0.2, 0.25) is 0 Å². The Bertz CT molecular complexity index is 489. The van der Waals surface area contributed by atoms with Crippen molar-refractivity contribution in [3.05, 3.63) is 34.3 Å². The van der Waals surface area contributed by atoms with Crippen LogP contribution in [0.2, 0.25) is 0 Å². The molecule has 1 fully saturated rings. The largest absolute Gasteiger partial charge is 0.419 e. The molecule has 1 heterocycles. The van der Waals surface area contributed by atoms with E-state index in [1.807, 2.05) is 0 Å². The summed E-state index contributed by atoms with van der Waals surface area (Å²) in [6.45, 7) is -0.823. The van der Waals surface area contributed by atoms with Crippen LogP contribution in [0.5, 0.6) is 0 Å². The van der Waals surface area contributed by atoms with E-state index in [2.05, 4.69) is 15.9 Å². The van der Waals surface area contributed by atoms with Crippen molar-refractivity contribution in [1.29, 1.82) is 0 Å². The van der Waals surface area contributed by atoms with Crippen LogP contribution >= 0.6 is 15.9 Å².